The number of fused-ring (bicyclic) bond motifs is 3. The van der Waals surface area contributed by atoms with E-state index in [-0.39, 0.29) is 11.7 Å². The Balaban J connectivity index is 1.30. The first kappa shape index (κ1) is 20.7. The summed E-state index contributed by atoms with van der Waals surface area (Å²) in [6, 6.07) is 5.75. The first-order valence-corrected chi connectivity index (χ1v) is 11.6. The van der Waals surface area contributed by atoms with Crippen LogP contribution < -0.4 is 20.5 Å². The third-order valence-electron chi connectivity index (χ3n) is 5.09. The number of carbonyl (C=O) groups is 1. The van der Waals surface area contributed by atoms with Crippen molar-refractivity contribution in [2.45, 2.75) is 30.8 Å². The number of carbonyl (C=O) groups excluding carboxylic acids is 1. The van der Waals surface area contributed by atoms with Crippen LogP contribution in [0.1, 0.15) is 22.4 Å². The van der Waals surface area contributed by atoms with Gasteiger partial charge in [0.25, 0.3) is 0 Å². The fourth-order valence-corrected chi connectivity index (χ4v) is 5.64. The number of nitrogens with zero attached hydrogens (tertiary/aromatic N) is 2. The van der Waals surface area contributed by atoms with Gasteiger partial charge < -0.3 is 20.5 Å². The van der Waals surface area contributed by atoms with Gasteiger partial charge in [-0.2, -0.15) is 0 Å². The number of thiophene rings is 1. The van der Waals surface area contributed by atoms with Gasteiger partial charge >= 0.3 is 0 Å². The second-order valence-corrected chi connectivity index (χ2v) is 9.03. The number of aryl methyl sites for hydroxylation is 2. The number of aromatic nitrogens is 2. The number of nitrogen functional groups attached to an aromatic ring is 1. The van der Waals surface area contributed by atoms with Gasteiger partial charge in [-0.3, -0.25) is 4.79 Å². The lowest BCUT2D eigenvalue weighted by Gasteiger charge is -2.10. The molecule has 30 heavy (non-hydrogen) atoms. The van der Waals surface area contributed by atoms with E-state index in [2.05, 4.69) is 15.3 Å². The molecule has 0 unspecified atom stereocenters. The van der Waals surface area contributed by atoms with E-state index in [4.69, 9.17) is 15.2 Å². The summed E-state index contributed by atoms with van der Waals surface area (Å²) in [5.74, 6) is 2.09. The van der Waals surface area contributed by atoms with Crippen molar-refractivity contribution >= 4 is 45.0 Å². The molecule has 0 aliphatic heterocycles. The van der Waals surface area contributed by atoms with E-state index in [0.717, 1.165) is 28.6 Å². The summed E-state index contributed by atoms with van der Waals surface area (Å²) in [5.41, 5.74) is 8.57. The van der Waals surface area contributed by atoms with Gasteiger partial charge in [-0.05, 0) is 48.9 Å². The van der Waals surface area contributed by atoms with Crippen molar-refractivity contribution in [1.29, 1.82) is 0 Å². The predicted molar refractivity (Wildman–Crippen MR) is 121 cm³/mol. The Morgan fingerprint density at radius 2 is 2.07 bits per heavy atom. The molecule has 1 aliphatic carbocycles. The van der Waals surface area contributed by atoms with Crippen molar-refractivity contribution in [3.05, 3.63) is 34.2 Å². The molecule has 3 aromatic rings. The average Bonchev–Trinajstić information content (AvgIpc) is 3.33. The van der Waals surface area contributed by atoms with Gasteiger partial charge in [0, 0.05) is 11.4 Å². The van der Waals surface area contributed by atoms with Crippen molar-refractivity contribution in [1.82, 2.24) is 15.3 Å². The minimum Gasteiger partial charge on any atom is -0.493 e. The zero-order chi connectivity index (χ0) is 21.1. The summed E-state index contributed by atoms with van der Waals surface area (Å²) >= 11 is 3.01. The molecule has 158 valence electrons. The Hall–Kier alpha value is -2.52. The van der Waals surface area contributed by atoms with Crippen LogP contribution in [-0.4, -0.2) is 42.4 Å². The molecule has 1 amide bonds. The minimum atomic E-state index is -0.0589. The predicted octanol–water partition coefficient (Wildman–Crippen LogP) is 3.23. The number of nitrogens with one attached hydrogen (secondary N) is 1. The highest BCUT2D eigenvalue weighted by atomic mass is 32.2. The monoisotopic (exact) mass is 444 g/mol. The topological polar surface area (TPSA) is 99.4 Å². The number of amides is 1. The molecule has 0 saturated carbocycles. The Bertz CT molecular complexity index is 1080. The highest BCUT2D eigenvalue weighted by Gasteiger charge is 2.21. The number of methoxy groups -OCH3 is 2. The maximum Gasteiger partial charge on any atom is 0.230 e. The van der Waals surface area contributed by atoms with Crippen LogP contribution in [0.25, 0.3) is 10.2 Å². The zero-order valence-electron chi connectivity index (χ0n) is 17.0. The van der Waals surface area contributed by atoms with Crippen molar-refractivity contribution in [2.75, 3.05) is 32.3 Å². The van der Waals surface area contributed by atoms with Crippen LogP contribution >= 0.6 is 23.1 Å². The SMILES string of the molecule is COc1ccc(CCNC(=O)CSc2nc(N)c3c4c(sc3n2)CCC4)cc1OC. The summed E-state index contributed by atoms with van der Waals surface area (Å²) in [4.78, 5) is 23.6. The largest absolute Gasteiger partial charge is 0.493 e. The van der Waals surface area contributed by atoms with Crippen LogP contribution in [0.5, 0.6) is 11.5 Å². The average molecular weight is 445 g/mol. The molecule has 3 N–H and O–H groups in total. The van der Waals surface area contributed by atoms with E-state index in [9.17, 15) is 4.79 Å². The van der Waals surface area contributed by atoms with Gasteiger partial charge in [0.15, 0.2) is 16.7 Å². The summed E-state index contributed by atoms with van der Waals surface area (Å²) in [7, 11) is 3.21. The van der Waals surface area contributed by atoms with Crippen LogP contribution in [0, 0.1) is 0 Å². The van der Waals surface area contributed by atoms with Gasteiger partial charge in [0.05, 0.1) is 25.4 Å². The molecule has 1 aliphatic rings. The van der Waals surface area contributed by atoms with E-state index in [1.807, 2.05) is 18.2 Å². The number of thioether (sulfide) groups is 1. The fraction of sp³-hybridized carbons (Fsp3) is 0.381. The molecule has 2 heterocycles. The highest BCUT2D eigenvalue weighted by Crippen LogP contribution is 2.39. The number of ether oxygens (including phenoxy) is 2. The summed E-state index contributed by atoms with van der Waals surface area (Å²) in [6.45, 7) is 0.536. The molecule has 0 bridgehead atoms. The summed E-state index contributed by atoms with van der Waals surface area (Å²) in [6.07, 6.45) is 4.03. The van der Waals surface area contributed by atoms with Gasteiger partial charge in [-0.1, -0.05) is 17.8 Å². The van der Waals surface area contributed by atoms with E-state index in [1.165, 1.54) is 28.6 Å². The van der Waals surface area contributed by atoms with Crippen molar-refractivity contribution in [3.63, 3.8) is 0 Å². The normalized spacial score (nSPS) is 12.7. The minimum absolute atomic E-state index is 0.0589. The molecule has 0 atom stereocenters. The number of hydrogen-bond acceptors (Lipinski definition) is 8. The third-order valence-corrected chi connectivity index (χ3v) is 7.12. The molecular weight excluding hydrogens is 420 g/mol. The second kappa shape index (κ2) is 9.09. The molecule has 7 nitrogen and oxygen atoms in total. The van der Waals surface area contributed by atoms with Crippen molar-refractivity contribution in [2.24, 2.45) is 0 Å². The van der Waals surface area contributed by atoms with Crippen LogP contribution in [0.2, 0.25) is 0 Å². The maximum atomic E-state index is 12.2. The Morgan fingerprint density at radius 3 is 2.87 bits per heavy atom. The van der Waals surface area contributed by atoms with E-state index < -0.39 is 0 Å². The first-order chi connectivity index (χ1) is 14.6. The number of rotatable bonds is 8. The molecule has 0 saturated heterocycles. The van der Waals surface area contributed by atoms with Gasteiger partial charge in [-0.15, -0.1) is 11.3 Å². The molecule has 4 rings (SSSR count). The number of benzene rings is 1. The van der Waals surface area contributed by atoms with Crippen molar-refractivity contribution < 1.29 is 14.3 Å². The maximum absolute atomic E-state index is 12.2. The summed E-state index contributed by atoms with van der Waals surface area (Å²) in [5, 5.41) is 4.50. The van der Waals surface area contributed by atoms with Gasteiger partial charge in [0.1, 0.15) is 10.6 Å². The van der Waals surface area contributed by atoms with Crippen LogP contribution in [0.4, 0.5) is 5.82 Å². The van der Waals surface area contributed by atoms with Gasteiger partial charge in [-0.25, -0.2) is 9.97 Å². The molecular formula is C21H24N4O3S2. The molecule has 0 radical (unpaired) electrons. The molecule has 1 aromatic carbocycles. The smallest absolute Gasteiger partial charge is 0.230 e. The standard InChI is InChI=1S/C21H24N4O3S2/c1-27-14-7-6-12(10-15(14)28-2)8-9-23-17(26)11-29-21-24-19(22)18-13-4-3-5-16(13)30-20(18)25-21/h6-7,10H,3-5,8-9,11H2,1-2H3,(H,23,26)(H2,22,24,25). The third kappa shape index (κ3) is 4.32. The summed E-state index contributed by atoms with van der Waals surface area (Å²) < 4.78 is 10.6. The number of nitrogens with two attached hydrogens (primary N) is 1. The molecule has 9 heteroatoms. The van der Waals surface area contributed by atoms with Crippen LogP contribution in [0.15, 0.2) is 23.4 Å². The lowest BCUT2D eigenvalue weighted by atomic mass is 10.1. The Morgan fingerprint density at radius 1 is 1.23 bits per heavy atom. The lowest BCUT2D eigenvalue weighted by Crippen LogP contribution is -2.27. The molecule has 2 aromatic heterocycles. The lowest BCUT2D eigenvalue weighted by molar-refractivity contribution is -0.118. The fourth-order valence-electron chi connectivity index (χ4n) is 3.63. The van der Waals surface area contributed by atoms with Crippen molar-refractivity contribution in [3.8, 4) is 11.5 Å². The molecule has 0 fully saturated rings. The number of hydrogen-bond donors (Lipinski definition) is 2. The van der Waals surface area contributed by atoms with Crippen LogP contribution in [-0.2, 0) is 24.1 Å². The quantitative estimate of drug-likeness (QED) is 0.406. The number of anilines is 1. The highest BCUT2D eigenvalue weighted by molar-refractivity contribution is 7.99. The van der Waals surface area contributed by atoms with E-state index >= 15 is 0 Å². The Kier molecular flexibility index (Phi) is 6.29. The first-order valence-electron chi connectivity index (χ1n) is 9.77. The second-order valence-electron chi connectivity index (χ2n) is 7.01. The van der Waals surface area contributed by atoms with E-state index in [0.29, 0.717) is 35.4 Å². The van der Waals surface area contributed by atoms with Crippen LogP contribution in [0.3, 0.4) is 0 Å². The van der Waals surface area contributed by atoms with E-state index in [1.54, 1.807) is 25.6 Å². The zero-order valence-corrected chi connectivity index (χ0v) is 18.6. The van der Waals surface area contributed by atoms with Gasteiger partial charge in [0.2, 0.25) is 5.91 Å². The Labute approximate surface area is 183 Å². The molecule has 0 spiro atoms.